The third-order valence-corrected chi connectivity index (χ3v) is 6.12. The van der Waals surface area contributed by atoms with E-state index in [2.05, 4.69) is 49.4 Å². The van der Waals surface area contributed by atoms with Crippen LogP contribution in [0, 0.1) is 15.9 Å². The Balaban J connectivity index is 1.85. The van der Waals surface area contributed by atoms with Crippen molar-refractivity contribution in [2.24, 2.45) is 0 Å². The van der Waals surface area contributed by atoms with Gasteiger partial charge in [0.1, 0.15) is 12.4 Å². The van der Waals surface area contributed by atoms with Gasteiger partial charge in [0.25, 0.3) is 5.56 Å². The Bertz CT molecular complexity index is 1280. The summed E-state index contributed by atoms with van der Waals surface area (Å²) in [5.41, 5.74) is 2.50. The smallest absolute Gasteiger partial charge is 0.274 e. The van der Waals surface area contributed by atoms with Crippen LogP contribution >= 0.6 is 49.9 Å². The van der Waals surface area contributed by atoms with Gasteiger partial charge in [-0.25, -0.2) is 9.38 Å². The van der Waals surface area contributed by atoms with Crippen molar-refractivity contribution < 1.29 is 4.74 Å². The summed E-state index contributed by atoms with van der Waals surface area (Å²) >= 11 is 7.08. The van der Waals surface area contributed by atoms with Gasteiger partial charge in [-0.15, -0.1) is 6.42 Å². The summed E-state index contributed by atoms with van der Waals surface area (Å²) in [5, 5.41) is 0. The van der Waals surface area contributed by atoms with Gasteiger partial charge in [-0.3, -0.25) is 4.79 Å². The second-order valence-corrected chi connectivity index (χ2v) is 8.47. The number of rotatable bonds is 3. The Morgan fingerprint density at radius 2 is 2.19 bits per heavy atom. The van der Waals surface area contributed by atoms with Gasteiger partial charge < -0.3 is 4.74 Å². The van der Waals surface area contributed by atoms with E-state index in [-0.39, 0.29) is 12.2 Å². The minimum Gasteiger partial charge on any atom is -0.479 e. The molecule has 0 fully saturated rings. The first-order valence-corrected chi connectivity index (χ1v) is 10.2. The van der Waals surface area contributed by atoms with Gasteiger partial charge in [0.15, 0.2) is 4.96 Å². The highest BCUT2D eigenvalue weighted by molar-refractivity contribution is 14.1. The largest absolute Gasteiger partial charge is 0.479 e. The van der Waals surface area contributed by atoms with Gasteiger partial charge in [-0.1, -0.05) is 29.4 Å². The fourth-order valence-electron chi connectivity index (χ4n) is 2.68. The van der Waals surface area contributed by atoms with E-state index in [4.69, 9.17) is 11.2 Å². The number of terminal acetylenes is 1. The second-order valence-electron chi connectivity index (χ2n) is 5.44. The molecule has 0 radical (unpaired) electrons. The number of thiazole rings is 1. The first-order chi connectivity index (χ1) is 12.6. The number of imidazole rings is 1. The first kappa shape index (κ1) is 17.5. The molecule has 0 saturated heterocycles. The zero-order valence-electron chi connectivity index (χ0n) is 13.2. The summed E-state index contributed by atoms with van der Waals surface area (Å²) in [6.07, 6.45) is 7.12. The van der Waals surface area contributed by atoms with Crippen molar-refractivity contribution >= 4 is 71.9 Å². The van der Waals surface area contributed by atoms with Crippen LogP contribution in [0.4, 0.5) is 0 Å². The van der Waals surface area contributed by atoms with Crippen LogP contribution < -0.4 is 14.8 Å². The van der Waals surface area contributed by atoms with Crippen molar-refractivity contribution in [2.45, 2.75) is 0 Å². The topological polar surface area (TPSA) is 43.6 Å². The molecule has 0 bridgehead atoms. The molecule has 0 amide bonds. The normalized spacial score (nSPS) is 12.0. The highest BCUT2D eigenvalue weighted by atomic mass is 127. The van der Waals surface area contributed by atoms with Gasteiger partial charge in [0.2, 0.25) is 0 Å². The van der Waals surface area contributed by atoms with Crippen LogP contribution in [-0.4, -0.2) is 16.0 Å². The molecule has 0 N–H and O–H groups in total. The van der Waals surface area contributed by atoms with Crippen molar-refractivity contribution in [1.29, 1.82) is 0 Å². The minimum atomic E-state index is -0.0579. The molecule has 0 saturated carbocycles. The van der Waals surface area contributed by atoms with Crippen molar-refractivity contribution in [3.05, 3.63) is 64.9 Å². The van der Waals surface area contributed by atoms with Gasteiger partial charge in [0, 0.05) is 0 Å². The molecule has 128 valence electrons. The Labute approximate surface area is 174 Å². The van der Waals surface area contributed by atoms with Crippen LogP contribution in [0.2, 0.25) is 0 Å². The van der Waals surface area contributed by atoms with E-state index in [1.54, 1.807) is 4.40 Å². The van der Waals surface area contributed by atoms with Crippen LogP contribution in [0.15, 0.2) is 45.7 Å². The number of halogens is 2. The lowest BCUT2D eigenvalue weighted by Gasteiger charge is -2.08. The summed E-state index contributed by atoms with van der Waals surface area (Å²) in [5.74, 6) is 3.16. The predicted molar refractivity (Wildman–Crippen MR) is 117 cm³/mol. The molecular weight excluding hydrogens is 527 g/mol. The average molecular weight is 537 g/mol. The van der Waals surface area contributed by atoms with Crippen molar-refractivity contribution in [2.75, 3.05) is 6.61 Å². The molecule has 0 spiro atoms. The van der Waals surface area contributed by atoms with Crippen LogP contribution in [0.3, 0.4) is 0 Å². The Morgan fingerprint density at radius 1 is 1.38 bits per heavy atom. The van der Waals surface area contributed by atoms with E-state index in [1.807, 2.05) is 42.5 Å². The average Bonchev–Trinajstić information content (AvgIpc) is 3.11. The maximum Gasteiger partial charge on any atom is 0.274 e. The number of hydrogen-bond acceptors (Lipinski definition) is 4. The van der Waals surface area contributed by atoms with Gasteiger partial charge in [-0.05, 0) is 74.4 Å². The predicted octanol–water partition coefficient (Wildman–Crippen LogP) is 3.84. The Hall–Kier alpha value is -1.89. The fourth-order valence-corrected chi connectivity index (χ4v) is 5.43. The summed E-state index contributed by atoms with van der Waals surface area (Å²) in [6, 6.07) is 11.5. The molecule has 2 heterocycles. The van der Waals surface area contributed by atoms with Crippen LogP contribution in [-0.2, 0) is 0 Å². The summed E-state index contributed by atoms with van der Waals surface area (Å²) in [4.78, 5) is 18.1. The van der Waals surface area contributed by atoms with Crippen molar-refractivity contribution in [3.8, 4) is 18.1 Å². The quantitative estimate of drug-likeness (QED) is 0.295. The highest BCUT2D eigenvalue weighted by Gasteiger charge is 2.12. The molecule has 0 atom stereocenters. The molecule has 4 rings (SSSR count). The Kier molecular flexibility index (Phi) is 4.73. The summed E-state index contributed by atoms with van der Waals surface area (Å²) in [6.45, 7) is 0.206. The molecule has 2 aromatic carbocycles. The zero-order valence-corrected chi connectivity index (χ0v) is 17.8. The van der Waals surface area contributed by atoms with E-state index in [0.29, 0.717) is 15.2 Å². The van der Waals surface area contributed by atoms with Crippen LogP contribution in [0.1, 0.15) is 5.56 Å². The zero-order chi connectivity index (χ0) is 18.3. The monoisotopic (exact) mass is 536 g/mol. The number of nitrogens with zero attached hydrogens (tertiary/aromatic N) is 2. The van der Waals surface area contributed by atoms with Crippen molar-refractivity contribution in [3.63, 3.8) is 0 Å². The lowest BCUT2D eigenvalue weighted by atomic mass is 10.2. The first-order valence-electron chi connectivity index (χ1n) is 7.55. The maximum absolute atomic E-state index is 12.8. The SMILES string of the molecule is C#CCOc1c(Br)cc(C=c2sc3nc4ccccc4n3c2=O)cc1I. The number of benzene rings is 2. The molecule has 0 aliphatic heterocycles. The lowest BCUT2D eigenvalue weighted by molar-refractivity contribution is 0.365. The minimum absolute atomic E-state index is 0.0579. The number of aromatic nitrogens is 2. The Morgan fingerprint density at radius 3 is 2.96 bits per heavy atom. The van der Waals surface area contributed by atoms with Gasteiger partial charge >= 0.3 is 0 Å². The second kappa shape index (κ2) is 7.02. The van der Waals surface area contributed by atoms with E-state index >= 15 is 0 Å². The third kappa shape index (κ3) is 3.02. The molecule has 7 heteroatoms. The van der Waals surface area contributed by atoms with E-state index in [0.717, 1.165) is 24.6 Å². The van der Waals surface area contributed by atoms with E-state index < -0.39 is 0 Å². The van der Waals surface area contributed by atoms with Gasteiger partial charge in [0.05, 0.1) is 23.6 Å². The third-order valence-electron chi connectivity index (χ3n) is 3.76. The van der Waals surface area contributed by atoms with E-state index in [9.17, 15) is 4.79 Å². The number of para-hydroxylation sites is 2. The highest BCUT2D eigenvalue weighted by Crippen LogP contribution is 2.32. The molecule has 0 unspecified atom stereocenters. The van der Waals surface area contributed by atoms with Crippen LogP contribution in [0.5, 0.6) is 5.75 Å². The molecule has 0 aliphatic rings. The molecular formula is C19H10BrIN2O2S. The maximum atomic E-state index is 12.8. The molecule has 4 nitrogen and oxygen atoms in total. The lowest BCUT2D eigenvalue weighted by Crippen LogP contribution is -2.22. The fraction of sp³-hybridized carbons (Fsp3) is 0.0526. The number of fused-ring (bicyclic) bond motifs is 3. The molecule has 4 aromatic rings. The van der Waals surface area contributed by atoms with Gasteiger partial charge in [-0.2, -0.15) is 0 Å². The molecule has 2 aromatic heterocycles. The molecule has 0 aliphatic carbocycles. The summed E-state index contributed by atoms with van der Waals surface area (Å²) in [7, 11) is 0. The number of ether oxygens (including phenoxy) is 1. The van der Waals surface area contributed by atoms with Crippen molar-refractivity contribution in [1.82, 2.24) is 9.38 Å². The summed E-state index contributed by atoms with van der Waals surface area (Å²) < 4.78 is 9.56. The standard InChI is InChI=1S/C19H10BrIN2O2S/c1-2-7-25-17-12(20)8-11(9-13(17)21)10-16-18(24)23-15-6-4-3-5-14(15)22-19(23)26-16/h1,3-6,8-10H,7H2. The number of hydrogen-bond donors (Lipinski definition) is 0. The van der Waals surface area contributed by atoms with E-state index in [1.165, 1.54) is 11.3 Å². The molecule has 26 heavy (non-hydrogen) atoms. The van der Waals surface area contributed by atoms with Crippen LogP contribution in [0.25, 0.3) is 22.1 Å².